The number of halogens is 1. The van der Waals surface area contributed by atoms with Crippen molar-refractivity contribution in [2.45, 2.75) is 39.2 Å². The highest BCUT2D eigenvalue weighted by atomic mass is 79.9. The molecule has 1 fully saturated rings. The molecule has 1 aliphatic rings. The van der Waals surface area contributed by atoms with Crippen LogP contribution < -0.4 is 5.32 Å². The summed E-state index contributed by atoms with van der Waals surface area (Å²) in [4.78, 5) is 16.1. The van der Waals surface area contributed by atoms with Crippen molar-refractivity contribution >= 4 is 21.8 Å². The summed E-state index contributed by atoms with van der Waals surface area (Å²) in [6.45, 7) is 4.51. The van der Waals surface area contributed by atoms with Gasteiger partial charge in [0.25, 0.3) is 5.91 Å². The van der Waals surface area contributed by atoms with Crippen LogP contribution >= 0.6 is 15.9 Å². The molecule has 3 atom stereocenters. The molecule has 0 aromatic carbocycles. The van der Waals surface area contributed by atoms with Crippen molar-refractivity contribution in [1.29, 1.82) is 0 Å². The summed E-state index contributed by atoms with van der Waals surface area (Å²) in [5.74, 6) is 1.31. The maximum atomic E-state index is 12.1. The van der Waals surface area contributed by atoms with E-state index in [2.05, 4.69) is 40.1 Å². The summed E-state index contributed by atoms with van der Waals surface area (Å²) >= 11 is 3.33. The number of pyridine rings is 1. The standard InChI is InChI=1S/C14H19BrN2O/c1-9-3-4-13(10(2)5-9)17-14(18)11-6-12(15)8-16-7-11/h6-10,13H,3-5H2,1-2H3,(H,17,18). The van der Waals surface area contributed by atoms with Gasteiger partial charge in [-0.25, -0.2) is 0 Å². The van der Waals surface area contributed by atoms with Crippen LogP contribution in [0.25, 0.3) is 0 Å². The van der Waals surface area contributed by atoms with E-state index < -0.39 is 0 Å². The van der Waals surface area contributed by atoms with E-state index in [-0.39, 0.29) is 5.91 Å². The van der Waals surface area contributed by atoms with Gasteiger partial charge < -0.3 is 5.32 Å². The summed E-state index contributed by atoms with van der Waals surface area (Å²) in [6.07, 6.45) is 6.76. The van der Waals surface area contributed by atoms with E-state index in [0.717, 1.165) is 16.8 Å². The molecule has 1 aromatic rings. The number of aromatic nitrogens is 1. The van der Waals surface area contributed by atoms with Crippen molar-refractivity contribution < 1.29 is 4.79 Å². The van der Waals surface area contributed by atoms with Crippen LogP contribution in [0, 0.1) is 11.8 Å². The van der Waals surface area contributed by atoms with Crippen LogP contribution in [-0.4, -0.2) is 16.9 Å². The van der Waals surface area contributed by atoms with E-state index in [1.165, 1.54) is 12.8 Å². The number of hydrogen-bond acceptors (Lipinski definition) is 2. The average Bonchev–Trinajstić information content (AvgIpc) is 2.32. The van der Waals surface area contributed by atoms with Crippen LogP contribution in [0.4, 0.5) is 0 Å². The smallest absolute Gasteiger partial charge is 0.253 e. The lowest BCUT2D eigenvalue weighted by atomic mass is 9.80. The SMILES string of the molecule is CC1CCC(NC(=O)c2cncc(Br)c2)C(C)C1. The van der Waals surface area contributed by atoms with Gasteiger partial charge in [-0.15, -0.1) is 0 Å². The molecule has 4 heteroatoms. The Morgan fingerprint density at radius 2 is 2.17 bits per heavy atom. The maximum absolute atomic E-state index is 12.1. The third-order valence-electron chi connectivity index (χ3n) is 3.72. The fourth-order valence-corrected chi connectivity index (χ4v) is 3.03. The Bertz CT molecular complexity index is 436. The van der Waals surface area contributed by atoms with Gasteiger partial charge in [0.1, 0.15) is 0 Å². The molecular formula is C14H19BrN2O. The Labute approximate surface area is 117 Å². The summed E-state index contributed by atoms with van der Waals surface area (Å²) in [7, 11) is 0. The molecule has 1 aromatic heterocycles. The molecule has 3 unspecified atom stereocenters. The normalized spacial score (nSPS) is 27.8. The van der Waals surface area contributed by atoms with Crippen LogP contribution in [0.1, 0.15) is 43.5 Å². The topological polar surface area (TPSA) is 42.0 Å². The minimum atomic E-state index is -0.0183. The lowest BCUT2D eigenvalue weighted by Gasteiger charge is -2.33. The molecule has 1 saturated carbocycles. The zero-order valence-corrected chi connectivity index (χ0v) is 12.4. The fourth-order valence-electron chi connectivity index (χ4n) is 2.67. The van der Waals surface area contributed by atoms with E-state index in [1.807, 2.05) is 0 Å². The number of nitrogens with zero attached hydrogens (tertiary/aromatic N) is 1. The molecule has 3 nitrogen and oxygen atoms in total. The molecule has 18 heavy (non-hydrogen) atoms. The van der Waals surface area contributed by atoms with Crippen molar-refractivity contribution in [1.82, 2.24) is 10.3 Å². The molecule has 1 N–H and O–H groups in total. The van der Waals surface area contributed by atoms with E-state index in [1.54, 1.807) is 18.5 Å². The molecule has 0 radical (unpaired) electrons. The summed E-state index contributed by atoms with van der Waals surface area (Å²) in [5.41, 5.74) is 0.621. The minimum Gasteiger partial charge on any atom is -0.349 e. The van der Waals surface area contributed by atoms with Crippen LogP contribution in [0.3, 0.4) is 0 Å². The van der Waals surface area contributed by atoms with Gasteiger partial charge in [-0.05, 0) is 53.1 Å². The van der Waals surface area contributed by atoms with Crippen LogP contribution in [0.5, 0.6) is 0 Å². The van der Waals surface area contributed by atoms with Gasteiger partial charge in [-0.3, -0.25) is 9.78 Å². The van der Waals surface area contributed by atoms with Gasteiger partial charge in [0.15, 0.2) is 0 Å². The lowest BCUT2D eigenvalue weighted by Crippen LogP contribution is -2.42. The Morgan fingerprint density at radius 1 is 1.39 bits per heavy atom. The third-order valence-corrected chi connectivity index (χ3v) is 4.15. The Morgan fingerprint density at radius 3 is 2.83 bits per heavy atom. The predicted molar refractivity (Wildman–Crippen MR) is 75.4 cm³/mol. The Hall–Kier alpha value is -0.900. The molecule has 0 spiro atoms. The maximum Gasteiger partial charge on any atom is 0.253 e. The fraction of sp³-hybridized carbons (Fsp3) is 0.571. The zero-order chi connectivity index (χ0) is 13.1. The van der Waals surface area contributed by atoms with Crippen molar-refractivity contribution in [3.05, 3.63) is 28.5 Å². The first-order valence-corrected chi connectivity index (χ1v) is 7.27. The number of amides is 1. The molecule has 1 amide bonds. The minimum absolute atomic E-state index is 0.0183. The van der Waals surface area contributed by atoms with Gasteiger partial charge in [0.05, 0.1) is 5.56 Å². The van der Waals surface area contributed by atoms with Crippen LogP contribution in [0.2, 0.25) is 0 Å². The second kappa shape index (κ2) is 5.83. The van der Waals surface area contributed by atoms with E-state index in [4.69, 9.17) is 0 Å². The van der Waals surface area contributed by atoms with Crippen molar-refractivity contribution in [3.63, 3.8) is 0 Å². The van der Waals surface area contributed by atoms with Crippen molar-refractivity contribution in [2.75, 3.05) is 0 Å². The van der Waals surface area contributed by atoms with E-state index in [9.17, 15) is 4.79 Å². The van der Waals surface area contributed by atoms with Gasteiger partial charge >= 0.3 is 0 Å². The average molecular weight is 311 g/mol. The molecular weight excluding hydrogens is 292 g/mol. The van der Waals surface area contributed by atoms with Crippen LogP contribution in [-0.2, 0) is 0 Å². The third kappa shape index (κ3) is 3.31. The Balaban J connectivity index is 1.99. The summed E-state index contributed by atoms with van der Waals surface area (Å²) in [5, 5.41) is 3.13. The first-order valence-electron chi connectivity index (χ1n) is 6.47. The first-order chi connectivity index (χ1) is 8.56. The monoisotopic (exact) mass is 310 g/mol. The largest absolute Gasteiger partial charge is 0.349 e. The zero-order valence-electron chi connectivity index (χ0n) is 10.8. The quantitative estimate of drug-likeness (QED) is 0.909. The number of nitrogens with one attached hydrogen (secondary N) is 1. The van der Waals surface area contributed by atoms with E-state index in [0.29, 0.717) is 17.5 Å². The van der Waals surface area contributed by atoms with Gasteiger partial charge in [-0.1, -0.05) is 13.8 Å². The molecule has 0 saturated heterocycles. The summed E-state index contributed by atoms with van der Waals surface area (Å²) < 4.78 is 0.834. The van der Waals surface area contributed by atoms with Crippen molar-refractivity contribution in [2.24, 2.45) is 11.8 Å². The molecule has 0 aliphatic heterocycles. The number of carbonyl (C=O) groups is 1. The summed E-state index contributed by atoms with van der Waals surface area (Å²) in [6, 6.07) is 2.10. The Kier molecular flexibility index (Phi) is 4.38. The number of rotatable bonds is 2. The van der Waals surface area contributed by atoms with Gasteiger partial charge in [0, 0.05) is 22.9 Å². The van der Waals surface area contributed by atoms with E-state index >= 15 is 0 Å². The second-order valence-electron chi connectivity index (χ2n) is 5.37. The highest BCUT2D eigenvalue weighted by Gasteiger charge is 2.26. The number of carbonyl (C=O) groups excluding carboxylic acids is 1. The lowest BCUT2D eigenvalue weighted by molar-refractivity contribution is 0.0899. The molecule has 2 rings (SSSR count). The first kappa shape index (κ1) is 13.5. The van der Waals surface area contributed by atoms with Gasteiger partial charge in [-0.2, -0.15) is 0 Å². The second-order valence-corrected chi connectivity index (χ2v) is 6.28. The highest BCUT2D eigenvalue weighted by molar-refractivity contribution is 9.10. The highest BCUT2D eigenvalue weighted by Crippen LogP contribution is 2.28. The molecule has 98 valence electrons. The van der Waals surface area contributed by atoms with Gasteiger partial charge in [0.2, 0.25) is 0 Å². The molecule has 0 bridgehead atoms. The predicted octanol–water partition coefficient (Wildman–Crippen LogP) is 3.40. The van der Waals surface area contributed by atoms with Crippen LogP contribution in [0.15, 0.2) is 22.9 Å². The molecule has 1 heterocycles. The van der Waals surface area contributed by atoms with Crippen molar-refractivity contribution in [3.8, 4) is 0 Å². The molecule has 1 aliphatic carbocycles. The number of hydrogen-bond donors (Lipinski definition) is 1.